The van der Waals surface area contributed by atoms with Crippen molar-refractivity contribution in [1.82, 2.24) is 21.3 Å². The van der Waals surface area contributed by atoms with Crippen molar-refractivity contribution in [3.05, 3.63) is 0 Å². The minimum absolute atomic E-state index is 0.00953. The number of nitrogens with one attached hydrogen (secondary N) is 4. The molecule has 8 unspecified atom stereocenters. The predicted octanol–water partition coefficient (Wildman–Crippen LogP) is 4.67. The van der Waals surface area contributed by atoms with Crippen LogP contribution in [0.15, 0.2) is 0 Å². The molecule has 0 aromatic heterocycles. The molecule has 6 nitrogen and oxygen atoms in total. The van der Waals surface area contributed by atoms with Crippen molar-refractivity contribution in [3.63, 3.8) is 0 Å². The van der Waals surface area contributed by atoms with Crippen LogP contribution in [0.25, 0.3) is 0 Å². The molecule has 0 bridgehead atoms. The van der Waals surface area contributed by atoms with Gasteiger partial charge in [0.2, 0.25) is 11.8 Å². The SMILES string of the molecule is CCC1(C)CC(NC(=O)CCC(=O)NC2CC(C)(CC)NC(C)(CC)C2C)C(C)C(C)(CC)N1. The average Bonchev–Trinajstić information content (AvgIpc) is 2.79. The lowest BCUT2D eigenvalue weighted by Crippen LogP contribution is -2.68. The molecule has 0 aromatic carbocycles. The molecule has 6 heteroatoms. The van der Waals surface area contributed by atoms with Crippen molar-refractivity contribution in [2.45, 2.75) is 155 Å². The van der Waals surface area contributed by atoms with Gasteiger partial charge < -0.3 is 21.3 Å². The molecule has 2 aliphatic rings. The topological polar surface area (TPSA) is 82.3 Å². The van der Waals surface area contributed by atoms with Crippen LogP contribution in [0.5, 0.6) is 0 Å². The second kappa shape index (κ2) is 10.9. The summed E-state index contributed by atoms with van der Waals surface area (Å²) >= 11 is 0. The fourth-order valence-electron chi connectivity index (χ4n) is 6.34. The van der Waals surface area contributed by atoms with E-state index in [1.165, 1.54) is 0 Å². The normalized spacial score (nSPS) is 42.8. The van der Waals surface area contributed by atoms with Gasteiger partial charge in [-0.1, -0.05) is 41.5 Å². The van der Waals surface area contributed by atoms with Crippen LogP contribution >= 0.6 is 0 Å². The predicted molar refractivity (Wildman–Crippen MR) is 142 cm³/mol. The van der Waals surface area contributed by atoms with Gasteiger partial charge in [-0.3, -0.25) is 9.59 Å². The third-order valence-electron chi connectivity index (χ3n) is 10.0. The minimum atomic E-state index is -0.0130. The van der Waals surface area contributed by atoms with Crippen LogP contribution in [0, 0.1) is 11.8 Å². The molecule has 2 aliphatic heterocycles. The fourth-order valence-corrected chi connectivity index (χ4v) is 6.34. The van der Waals surface area contributed by atoms with Gasteiger partial charge in [0.15, 0.2) is 0 Å². The van der Waals surface area contributed by atoms with E-state index >= 15 is 0 Å². The standard InChI is InChI=1S/C28H54N4O2/c1-11-25(7)17-21(19(5)27(9,13-3)31-25)29-23(33)15-16-24(34)30-22-18-26(8,12-2)32-28(10,14-4)20(22)6/h19-22,31-32H,11-18H2,1-10H3,(H,29,33)(H,30,34). The van der Waals surface area contributed by atoms with E-state index in [0.717, 1.165) is 38.5 Å². The average molecular weight is 479 g/mol. The summed E-state index contributed by atoms with van der Waals surface area (Å²) in [6.07, 6.45) is 6.37. The van der Waals surface area contributed by atoms with E-state index in [0.29, 0.717) is 11.8 Å². The summed E-state index contributed by atoms with van der Waals surface area (Å²) in [6.45, 7) is 22.4. The van der Waals surface area contributed by atoms with E-state index in [-0.39, 0.29) is 58.9 Å². The van der Waals surface area contributed by atoms with Crippen molar-refractivity contribution < 1.29 is 9.59 Å². The van der Waals surface area contributed by atoms with Gasteiger partial charge in [-0.15, -0.1) is 0 Å². The number of hydrogen-bond acceptors (Lipinski definition) is 4. The third-order valence-corrected chi connectivity index (χ3v) is 10.0. The maximum atomic E-state index is 12.9. The molecule has 2 rings (SSSR count). The van der Waals surface area contributed by atoms with E-state index in [1.54, 1.807) is 0 Å². The number of piperidine rings is 2. The van der Waals surface area contributed by atoms with Crippen LogP contribution in [0.2, 0.25) is 0 Å². The van der Waals surface area contributed by atoms with Crippen LogP contribution in [0.3, 0.4) is 0 Å². The van der Waals surface area contributed by atoms with Crippen LogP contribution in [0.4, 0.5) is 0 Å². The fraction of sp³-hybridized carbons (Fsp3) is 0.929. The number of amides is 2. The van der Waals surface area contributed by atoms with Gasteiger partial charge in [0.25, 0.3) is 0 Å². The molecule has 0 radical (unpaired) electrons. The highest BCUT2D eigenvalue weighted by Crippen LogP contribution is 2.38. The molecule has 4 N–H and O–H groups in total. The molecule has 0 aliphatic carbocycles. The van der Waals surface area contributed by atoms with Crippen molar-refractivity contribution >= 4 is 11.8 Å². The number of hydrogen-bond donors (Lipinski definition) is 4. The number of rotatable bonds is 9. The quantitative estimate of drug-likeness (QED) is 0.388. The van der Waals surface area contributed by atoms with E-state index in [1.807, 2.05) is 0 Å². The lowest BCUT2D eigenvalue weighted by molar-refractivity contribution is -0.128. The highest BCUT2D eigenvalue weighted by Gasteiger charge is 2.48. The van der Waals surface area contributed by atoms with Crippen LogP contribution in [-0.4, -0.2) is 46.1 Å². The first kappa shape index (κ1) is 29.1. The molecule has 2 amide bonds. The smallest absolute Gasteiger partial charge is 0.220 e. The molecule has 0 spiro atoms. The first-order valence-corrected chi connectivity index (χ1v) is 13.9. The summed E-state index contributed by atoms with van der Waals surface area (Å²) in [6, 6.07) is 0.235. The molecule has 0 aromatic rings. The van der Waals surface area contributed by atoms with E-state index in [2.05, 4.69) is 90.5 Å². The van der Waals surface area contributed by atoms with Crippen LogP contribution < -0.4 is 21.3 Å². The molecule has 198 valence electrons. The van der Waals surface area contributed by atoms with Gasteiger partial charge in [-0.25, -0.2) is 0 Å². The van der Waals surface area contributed by atoms with E-state index < -0.39 is 0 Å². The zero-order valence-corrected chi connectivity index (χ0v) is 23.8. The van der Waals surface area contributed by atoms with E-state index in [9.17, 15) is 9.59 Å². The zero-order valence-electron chi connectivity index (χ0n) is 23.8. The molecule has 2 saturated heterocycles. The second-order valence-corrected chi connectivity index (χ2v) is 12.5. The van der Waals surface area contributed by atoms with Gasteiger partial charge in [-0.2, -0.15) is 0 Å². The molecular formula is C28H54N4O2. The third kappa shape index (κ3) is 6.34. The monoisotopic (exact) mass is 478 g/mol. The minimum Gasteiger partial charge on any atom is -0.353 e. The molecule has 2 fully saturated rings. The summed E-state index contributed by atoms with van der Waals surface area (Å²) in [5, 5.41) is 14.3. The summed E-state index contributed by atoms with van der Waals surface area (Å²) in [7, 11) is 0. The lowest BCUT2D eigenvalue weighted by atomic mass is 9.69. The summed E-state index contributed by atoms with van der Waals surface area (Å²) < 4.78 is 0. The number of carbonyl (C=O) groups excluding carboxylic acids is 2. The Balaban J connectivity index is 1.96. The van der Waals surface area contributed by atoms with E-state index in [4.69, 9.17) is 0 Å². The summed E-state index contributed by atoms with van der Waals surface area (Å²) in [4.78, 5) is 25.8. The number of carbonyl (C=O) groups is 2. The Bertz CT molecular complexity index is 669. The van der Waals surface area contributed by atoms with Gasteiger partial charge in [-0.05, 0) is 78.1 Å². The zero-order chi connectivity index (χ0) is 25.9. The van der Waals surface area contributed by atoms with Crippen LogP contribution in [0.1, 0.15) is 121 Å². The summed E-state index contributed by atoms with van der Waals surface area (Å²) in [5.74, 6) is 0.620. The first-order chi connectivity index (χ1) is 15.7. The highest BCUT2D eigenvalue weighted by molar-refractivity contribution is 5.84. The molecule has 8 atom stereocenters. The molecule has 0 saturated carbocycles. The summed E-state index contributed by atoms with van der Waals surface area (Å²) in [5.41, 5.74) is -0.00605. The lowest BCUT2D eigenvalue weighted by Gasteiger charge is -2.53. The van der Waals surface area contributed by atoms with Crippen molar-refractivity contribution in [2.75, 3.05) is 0 Å². The Morgan fingerprint density at radius 2 is 1.00 bits per heavy atom. The van der Waals surface area contributed by atoms with Crippen molar-refractivity contribution in [2.24, 2.45) is 11.8 Å². The van der Waals surface area contributed by atoms with Gasteiger partial charge in [0.1, 0.15) is 0 Å². The van der Waals surface area contributed by atoms with Crippen LogP contribution in [-0.2, 0) is 9.59 Å². The Kier molecular flexibility index (Phi) is 9.29. The largest absolute Gasteiger partial charge is 0.353 e. The maximum Gasteiger partial charge on any atom is 0.220 e. The van der Waals surface area contributed by atoms with Gasteiger partial charge in [0, 0.05) is 47.1 Å². The maximum absolute atomic E-state index is 12.9. The highest BCUT2D eigenvalue weighted by atomic mass is 16.2. The molecule has 34 heavy (non-hydrogen) atoms. The Morgan fingerprint density at radius 3 is 1.26 bits per heavy atom. The Morgan fingerprint density at radius 1 is 0.676 bits per heavy atom. The molecular weight excluding hydrogens is 424 g/mol. The van der Waals surface area contributed by atoms with Gasteiger partial charge in [0.05, 0.1) is 0 Å². The second-order valence-electron chi connectivity index (χ2n) is 12.5. The van der Waals surface area contributed by atoms with Gasteiger partial charge >= 0.3 is 0 Å². The van der Waals surface area contributed by atoms with Crippen molar-refractivity contribution in [1.29, 1.82) is 0 Å². The van der Waals surface area contributed by atoms with Crippen molar-refractivity contribution in [3.8, 4) is 0 Å². The molecule has 2 heterocycles. The Hall–Kier alpha value is -1.14. The Labute approximate surface area is 209 Å². The first-order valence-electron chi connectivity index (χ1n) is 13.9.